The molecule has 1 aromatic rings. The molecule has 0 bridgehead atoms. The predicted octanol–water partition coefficient (Wildman–Crippen LogP) is 2.60. The van der Waals surface area contributed by atoms with Crippen molar-refractivity contribution in [1.29, 1.82) is 0 Å². The molecule has 0 aliphatic carbocycles. The van der Waals surface area contributed by atoms with E-state index in [-0.39, 0.29) is 17.4 Å². The zero-order valence-electron chi connectivity index (χ0n) is 13.9. The fourth-order valence-corrected chi connectivity index (χ4v) is 2.77. The summed E-state index contributed by atoms with van der Waals surface area (Å²) in [6, 6.07) is 7.78. The molecule has 2 N–H and O–H groups in total. The number of ether oxygens (including phenoxy) is 1. The van der Waals surface area contributed by atoms with Gasteiger partial charge >= 0.3 is 0 Å². The third-order valence-corrected chi connectivity index (χ3v) is 4.89. The normalized spacial score (nSPS) is 14.5. The Morgan fingerprint density at radius 2 is 1.95 bits per heavy atom. The lowest BCUT2D eigenvalue weighted by molar-refractivity contribution is 0.323. The van der Waals surface area contributed by atoms with Crippen molar-refractivity contribution in [2.24, 2.45) is 0 Å². The van der Waals surface area contributed by atoms with Crippen LogP contribution < -0.4 is 9.46 Å². The lowest BCUT2D eigenvalue weighted by Crippen LogP contribution is -2.45. The smallest absolute Gasteiger partial charge is 0.136 e. The molecule has 4 nitrogen and oxygen atoms in total. The molecule has 124 valence electrons. The maximum atomic E-state index is 12.3. The quantitative estimate of drug-likeness (QED) is 0.569. The van der Waals surface area contributed by atoms with Crippen molar-refractivity contribution in [2.75, 3.05) is 13.7 Å². The molecule has 2 atom stereocenters. The van der Waals surface area contributed by atoms with Gasteiger partial charge in [-0.25, -0.2) is 0 Å². The largest absolute Gasteiger partial charge is 0.598 e. The number of hydrogen-bond donors (Lipinski definition) is 2. The molecule has 1 unspecified atom stereocenters. The monoisotopic (exact) mass is 325 g/mol. The third-order valence-electron chi connectivity index (χ3n) is 3.23. The van der Waals surface area contributed by atoms with Crippen LogP contribution in [0.1, 0.15) is 32.8 Å². The Hall–Kier alpha value is -1.01. The van der Waals surface area contributed by atoms with Crippen LogP contribution in [0.25, 0.3) is 0 Å². The van der Waals surface area contributed by atoms with Gasteiger partial charge in [0, 0.05) is 11.4 Å². The lowest BCUT2D eigenvalue weighted by Gasteiger charge is -2.28. The molecule has 22 heavy (non-hydrogen) atoms. The van der Waals surface area contributed by atoms with Gasteiger partial charge in [0.15, 0.2) is 0 Å². The van der Waals surface area contributed by atoms with Crippen LogP contribution in [0.2, 0.25) is 0 Å². The average Bonchev–Trinajstić information content (AvgIpc) is 2.46. The highest BCUT2D eigenvalue weighted by Crippen LogP contribution is 2.19. The van der Waals surface area contributed by atoms with E-state index in [9.17, 15) is 9.66 Å². The average molecular weight is 325 g/mol. The summed E-state index contributed by atoms with van der Waals surface area (Å²) < 4.78 is 20.3. The van der Waals surface area contributed by atoms with Gasteiger partial charge in [-0.1, -0.05) is 24.3 Å². The molecule has 0 radical (unpaired) electrons. The van der Waals surface area contributed by atoms with E-state index in [0.29, 0.717) is 12.8 Å². The molecule has 5 heteroatoms. The summed E-state index contributed by atoms with van der Waals surface area (Å²) in [4.78, 5) is 0. The number of rotatable bonds is 8. The first kappa shape index (κ1) is 19.0. The van der Waals surface area contributed by atoms with Gasteiger partial charge in [-0.2, -0.15) is 0 Å². The number of hydrogen-bond acceptors (Lipinski definition) is 4. The van der Waals surface area contributed by atoms with Gasteiger partial charge in [0.2, 0.25) is 0 Å². The number of nitrogens with one attached hydrogen (secondary N) is 1. The van der Waals surface area contributed by atoms with Crippen LogP contribution in [0.5, 0.6) is 5.75 Å². The first-order valence-corrected chi connectivity index (χ1v) is 8.49. The summed E-state index contributed by atoms with van der Waals surface area (Å²) in [5.41, 5.74) is 1.85. The molecule has 1 aromatic carbocycles. The highest BCUT2D eigenvalue weighted by molar-refractivity contribution is 7.90. The minimum absolute atomic E-state index is 0.0342. The highest BCUT2D eigenvalue weighted by Gasteiger charge is 2.29. The van der Waals surface area contributed by atoms with E-state index in [4.69, 9.17) is 4.74 Å². The molecule has 0 spiro atoms. The summed E-state index contributed by atoms with van der Waals surface area (Å²) in [5, 5.41) is 9.19. The minimum Gasteiger partial charge on any atom is -0.598 e. The van der Waals surface area contributed by atoms with Gasteiger partial charge in [0.05, 0.1) is 19.8 Å². The second kappa shape index (κ2) is 8.58. The number of aliphatic hydroxyl groups is 1. The maximum absolute atomic E-state index is 12.3. The van der Waals surface area contributed by atoms with Gasteiger partial charge < -0.3 is 14.4 Å². The van der Waals surface area contributed by atoms with Crippen LogP contribution >= 0.6 is 0 Å². The van der Waals surface area contributed by atoms with Crippen molar-refractivity contribution < 1.29 is 14.4 Å². The molecule has 0 aromatic heterocycles. The van der Waals surface area contributed by atoms with Crippen molar-refractivity contribution in [1.82, 2.24) is 4.72 Å². The van der Waals surface area contributed by atoms with Crippen LogP contribution in [0.15, 0.2) is 36.4 Å². The molecule has 0 aliphatic heterocycles. The standard InChI is InChI=1S/C17H27NO3S/c1-13(12-19)10-15(18-22(20)17(2,3)4)11-14-6-8-16(21-5)9-7-14/h6-9,15,18-19H,1,10-12H2,2-5H3/t15-,22?/m0/s1. The van der Waals surface area contributed by atoms with E-state index in [2.05, 4.69) is 11.3 Å². The van der Waals surface area contributed by atoms with Gasteiger partial charge in [-0.3, -0.25) is 0 Å². The van der Waals surface area contributed by atoms with Gasteiger partial charge in [-0.05, 0) is 51.3 Å². The zero-order chi connectivity index (χ0) is 16.8. The van der Waals surface area contributed by atoms with Crippen molar-refractivity contribution in [3.05, 3.63) is 42.0 Å². The maximum Gasteiger partial charge on any atom is 0.136 e. The van der Waals surface area contributed by atoms with Crippen LogP contribution in [-0.4, -0.2) is 34.2 Å². The van der Waals surface area contributed by atoms with E-state index in [1.165, 1.54) is 0 Å². The molecular formula is C17H27NO3S. The second-order valence-electron chi connectivity index (χ2n) is 6.36. The fourth-order valence-electron chi connectivity index (χ4n) is 1.94. The van der Waals surface area contributed by atoms with E-state index in [1.54, 1.807) is 7.11 Å². The summed E-state index contributed by atoms with van der Waals surface area (Å²) in [5.74, 6) is 0.811. The molecule has 1 rings (SSSR count). The van der Waals surface area contributed by atoms with Gasteiger partial charge in [0.25, 0.3) is 0 Å². The van der Waals surface area contributed by atoms with E-state index in [0.717, 1.165) is 16.9 Å². The predicted molar refractivity (Wildman–Crippen MR) is 92.4 cm³/mol. The molecule has 0 amide bonds. The Balaban J connectivity index is 2.78. The van der Waals surface area contributed by atoms with Crippen molar-refractivity contribution in [3.63, 3.8) is 0 Å². The van der Waals surface area contributed by atoms with Gasteiger partial charge in [0.1, 0.15) is 10.5 Å². The Kier molecular flexibility index (Phi) is 7.42. The second-order valence-corrected chi connectivity index (χ2v) is 8.36. The number of benzene rings is 1. The SMILES string of the molecule is C=C(CO)C[C@@H](Cc1ccc(OC)cc1)N[S+]([O-])C(C)(C)C. The van der Waals surface area contributed by atoms with Crippen LogP contribution in [0.4, 0.5) is 0 Å². The minimum atomic E-state index is -1.16. The van der Waals surface area contributed by atoms with Gasteiger partial charge in [-0.15, -0.1) is 4.72 Å². The summed E-state index contributed by atoms with van der Waals surface area (Å²) in [7, 11) is 1.64. The molecular weight excluding hydrogens is 298 g/mol. The third kappa shape index (κ3) is 6.40. The summed E-state index contributed by atoms with van der Waals surface area (Å²) in [6.45, 7) is 9.59. The molecule has 0 fully saturated rings. The summed E-state index contributed by atoms with van der Waals surface area (Å²) >= 11 is -1.16. The first-order valence-electron chi connectivity index (χ1n) is 7.34. The highest BCUT2D eigenvalue weighted by atomic mass is 32.2. The first-order chi connectivity index (χ1) is 10.3. The van der Waals surface area contributed by atoms with Crippen molar-refractivity contribution >= 4 is 11.4 Å². The van der Waals surface area contributed by atoms with E-state index in [1.807, 2.05) is 45.0 Å². The Morgan fingerprint density at radius 3 is 2.41 bits per heavy atom. The Bertz CT molecular complexity index is 468. The number of methoxy groups -OCH3 is 1. The van der Waals surface area contributed by atoms with Crippen molar-refractivity contribution in [2.45, 2.75) is 44.4 Å². The summed E-state index contributed by atoms with van der Waals surface area (Å²) in [6.07, 6.45) is 1.30. The van der Waals surface area contributed by atoms with Crippen molar-refractivity contribution in [3.8, 4) is 5.75 Å². The Labute approximate surface area is 136 Å². The lowest BCUT2D eigenvalue weighted by atomic mass is 10.0. The Morgan fingerprint density at radius 1 is 1.36 bits per heavy atom. The van der Waals surface area contributed by atoms with Crippen LogP contribution in [0.3, 0.4) is 0 Å². The fraction of sp³-hybridized carbons (Fsp3) is 0.529. The van der Waals surface area contributed by atoms with Crippen LogP contribution in [0, 0.1) is 0 Å². The molecule has 0 saturated heterocycles. The zero-order valence-corrected chi connectivity index (χ0v) is 14.7. The molecule has 0 saturated carbocycles. The van der Waals surface area contributed by atoms with E-state index >= 15 is 0 Å². The molecule has 0 heterocycles. The topological polar surface area (TPSA) is 64.5 Å². The molecule has 0 aliphatic rings. The van der Waals surface area contributed by atoms with Crippen LogP contribution in [-0.2, 0) is 17.8 Å². The number of aliphatic hydroxyl groups excluding tert-OH is 1. The van der Waals surface area contributed by atoms with E-state index < -0.39 is 11.4 Å².